The van der Waals surface area contributed by atoms with Gasteiger partial charge in [0.2, 0.25) is 0 Å². The maximum Gasteiger partial charge on any atom is 0.335 e. The van der Waals surface area contributed by atoms with E-state index in [1.165, 1.54) is 0 Å². The zero-order valence-corrected chi connectivity index (χ0v) is 14.7. The molecule has 0 aliphatic heterocycles. The molecule has 4 nitrogen and oxygen atoms in total. The number of benzene rings is 2. The second-order valence-corrected chi connectivity index (χ2v) is 6.79. The van der Waals surface area contributed by atoms with Gasteiger partial charge in [-0.15, -0.1) is 0 Å². The van der Waals surface area contributed by atoms with Crippen molar-refractivity contribution in [3.63, 3.8) is 0 Å². The quantitative estimate of drug-likeness (QED) is 0.851. The summed E-state index contributed by atoms with van der Waals surface area (Å²) in [5.41, 5.74) is 3.41. The summed E-state index contributed by atoms with van der Waals surface area (Å²) in [7, 11) is 0. The molecule has 1 aliphatic rings. The third-order valence-electron chi connectivity index (χ3n) is 5.05. The van der Waals surface area contributed by atoms with E-state index in [1.54, 1.807) is 25.1 Å². The highest BCUT2D eigenvalue weighted by atomic mass is 16.4. The summed E-state index contributed by atoms with van der Waals surface area (Å²) >= 11 is 0. The van der Waals surface area contributed by atoms with Crippen molar-refractivity contribution >= 4 is 17.5 Å². The number of carboxylic acid groups (broad SMARTS) is 2. The number of hydrogen-bond acceptors (Lipinski definition) is 2. The minimum absolute atomic E-state index is 0.194. The van der Waals surface area contributed by atoms with Crippen LogP contribution in [-0.2, 0) is 10.2 Å². The van der Waals surface area contributed by atoms with Gasteiger partial charge in [0.05, 0.1) is 5.56 Å². The maximum atomic E-state index is 11.7. The van der Waals surface area contributed by atoms with Crippen molar-refractivity contribution in [2.75, 3.05) is 0 Å². The van der Waals surface area contributed by atoms with Crippen LogP contribution in [0.25, 0.3) is 5.57 Å². The Morgan fingerprint density at radius 3 is 2.27 bits per heavy atom. The summed E-state index contributed by atoms with van der Waals surface area (Å²) in [5, 5.41) is 18.9. The summed E-state index contributed by atoms with van der Waals surface area (Å²) in [6.07, 6.45) is 2.22. The molecule has 1 unspecified atom stereocenters. The lowest BCUT2D eigenvalue weighted by molar-refractivity contribution is -0.133. The predicted molar refractivity (Wildman–Crippen MR) is 100 cm³/mol. The van der Waals surface area contributed by atoms with E-state index in [0.717, 1.165) is 22.3 Å². The fraction of sp³-hybridized carbons (Fsp3) is 0.182. The molecule has 0 amide bonds. The van der Waals surface area contributed by atoms with E-state index in [-0.39, 0.29) is 5.56 Å². The van der Waals surface area contributed by atoms with Crippen LogP contribution in [0.4, 0.5) is 0 Å². The van der Waals surface area contributed by atoms with Crippen LogP contribution in [0.3, 0.4) is 0 Å². The van der Waals surface area contributed by atoms with Gasteiger partial charge in [-0.25, -0.2) is 9.59 Å². The van der Waals surface area contributed by atoms with Crippen LogP contribution in [0.2, 0.25) is 0 Å². The molecule has 26 heavy (non-hydrogen) atoms. The van der Waals surface area contributed by atoms with Gasteiger partial charge in [0.25, 0.3) is 0 Å². The SMILES string of the molecule is CC1=C(C(=O)O)CC(C)(c2cccc(C(=O)O)c2)C(c2ccccc2)=C1. The molecular formula is C22H20O4. The van der Waals surface area contributed by atoms with E-state index in [4.69, 9.17) is 0 Å². The summed E-state index contributed by atoms with van der Waals surface area (Å²) in [6.45, 7) is 3.78. The van der Waals surface area contributed by atoms with Crippen molar-refractivity contribution in [1.29, 1.82) is 0 Å². The average Bonchev–Trinajstić information content (AvgIpc) is 2.64. The number of hydrogen-bond donors (Lipinski definition) is 2. The molecule has 3 rings (SSSR count). The first-order valence-corrected chi connectivity index (χ1v) is 8.37. The lowest BCUT2D eigenvalue weighted by Gasteiger charge is -2.37. The third-order valence-corrected chi connectivity index (χ3v) is 5.05. The first kappa shape index (κ1) is 17.7. The molecule has 0 saturated carbocycles. The van der Waals surface area contributed by atoms with E-state index < -0.39 is 17.4 Å². The van der Waals surface area contributed by atoms with Gasteiger partial charge in [-0.3, -0.25) is 0 Å². The Morgan fingerprint density at radius 1 is 0.962 bits per heavy atom. The maximum absolute atomic E-state index is 11.7. The van der Waals surface area contributed by atoms with E-state index in [0.29, 0.717) is 12.0 Å². The number of carbonyl (C=O) groups is 2. The van der Waals surface area contributed by atoms with Gasteiger partial charge in [-0.1, -0.05) is 55.5 Å². The van der Waals surface area contributed by atoms with Crippen LogP contribution >= 0.6 is 0 Å². The molecular weight excluding hydrogens is 328 g/mol. The van der Waals surface area contributed by atoms with Gasteiger partial charge in [-0.05, 0) is 47.8 Å². The topological polar surface area (TPSA) is 74.6 Å². The van der Waals surface area contributed by atoms with Crippen LogP contribution in [0, 0.1) is 0 Å². The number of aromatic carboxylic acids is 1. The smallest absolute Gasteiger partial charge is 0.335 e. The molecule has 0 heterocycles. The summed E-state index contributed by atoms with van der Waals surface area (Å²) in [5.74, 6) is -1.94. The number of rotatable bonds is 4. The zero-order valence-electron chi connectivity index (χ0n) is 14.7. The lowest BCUT2D eigenvalue weighted by atomic mass is 9.65. The van der Waals surface area contributed by atoms with Crippen molar-refractivity contribution in [3.05, 3.63) is 88.5 Å². The Balaban J connectivity index is 2.23. The van der Waals surface area contributed by atoms with Crippen molar-refractivity contribution in [2.45, 2.75) is 25.7 Å². The molecule has 0 bridgehead atoms. The van der Waals surface area contributed by atoms with Crippen LogP contribution in [0.5, 0.6) is 0 Å². The van der Waals surface area contributed by atoms with Crippen LogP contribution in [0.15, 0.2) is 71.8 Å². The van der Waals surface area contributed by atoms with Crippen LogP contribution in [0.1, 0.15) is 41.8 Å². The van der Waals surface area contributed by atoms with Gasteiger partial charge >= 0.3 is 11.9 Å². The summed E-state index contributed by atoms with van der Waals surface area (Å²) in [6, 6.07) is 16.5. The molecule has 0 spiro atoms. The van der Waals surface area contributed by atoms with E-state index >= 15 is 0 Å². The molecule has 0 saturated heterocycles. The van der Waals surface area contributed by atoms with Crippen molar-refractivity contribution in [2.24, 2.45) is 0 Å². The third kappa shape index (κ3) is 3.06. The van der Waals surface area contributed by atoms with Crippen LogP contribution < -0.4 is 0 Å². The van der Waals surface area contributed by atoms with Crippen molar-refractivity contribution < 1.29 is 19.8 Å². The van der Waals surface area contributed by atoms with Gasteiger partial charge in [0.1, 0.15) is 0 Å². The second-order valence-electron chi connectivity index (χ2n) is 6.79. The van der Waals surface area contributed by atoms with Crippen molar-refractivity contribution in [3.8, 4) is 0 Å². The van der Waals surface area contributed by atoms with E-state index in [9.17, 15) is 19.8 Å². The first-order valence-electron chi connectivity index (χ1n) is 8.37. The highest BCUT2D eigenvalue weighted by Gasteiger charge is 2.38. The van der Waals surface area contributed by atoms with Gasteiger partial charge < -0.3 is 10.2 Å². The largest absolute Gasteiger partial charge is 0.478 e. The summed E-state index contributed by atoms with van der Waals surface area (Å²) in [4.78, 5) is 23.1. The van der Waals surface area contributed by atoms with E-state index in [2.05, 4.69) is 0 Å². The standard InChI is InChI=1S/C22H20O4/c1-14-11-19(15-7-4-3-5-8-15)22(2,13-18(14)21(25)26)17-10-6-9-16(12-17)20(23)24/h3-12H,13H2,1-2H3,(H,23,24)(H,25,26). The number of carboxylic acids is 2. The zero-order chi connectivity index (χ0) is 18.9. The highest BCUT2D eigenvalue weighted by molar-refractivity contribution is 5.93. The Labute approximate surface area is 152 Å². The molecule has 132 valence electrons. The number of allylic oxidation sites excluding steroid dienone is 3. The fourth-order valence-electron chi connectivity index (χ4n) is 3.57. The number of aliphatic carboxylic acids is 1. The molecule has 1 atom stereocenters. The molecule has 4 heteroatoms. The first-order chi connectivity index (χ1) is 12.3. The molecule has 2 aromatic rings. The highest BCUT2D eigenvalue weighted by Crippen LogP contribution is 2.47. The fourth-order valence-corrected chi connectivity index (χ4v) is 3.57. The van der Waals surface area contributed by atoms with Crippen LogP contribution in [-0.4, -0.2) is 22.2 Å². The summed E-state index contributed by atoms with van der Waals surface area (Å²) < 4.78 is 0. The van der Waals surface area contributed by atoms with E-state index in [1.807, 2.05) is 49.4 Å². The Hall–Kier alpha value is -3.14. The normalized spacial score (nSPS) is 19.8. The Morgan fingerprint density at radius 2 is 1.65 bits per heavy atom. The Bertz CT molecular complexity index is 938. The Kier molecular flexibility index (Phi) is 4.51. The molecule has 0 aromatic heterocycles. The minimum atomic E-state index is -0.998. The second kappa shape index (κ2) is 6.64. The molecule has 0 radical (unpaired) electrons. The molecule has 2 N–H and O–H groups in total. The monoisotopic (exact) mass is 348 g/mol. The molecule has 0 fully saturated rings. The lowest BCUT2D eigenvalue weighted by Crippen LogP contribution is -2.30. The molecule has 2 aromatic carbocycles. The minimum Gasteiger partial charge on any atom is -0.478 e. The van der Waals surface area contributed by atoms with Gasteiger partial charge in [-0.2, -0.15) is 0 Å². The van der Waals surface area contributed by atoms with Crippen molar-refractivity contribution in [1.82, 2.24) is 0 Å². The van der Waals surface area contributed by atoms with Gasteiger partial charge in [0, 0.05) is 11.0 Å². The predicted octanol–water partition coefficient (Wildman–Crippen LogP) is 4.53. The van der Waals surface area contributed by atoms with Gasteiger partial charge in [0.15, 0.2) is 0 Å². The molecule has 1 aliphatic carbocycles. The average molecular weight is 348 g/mol.